The lowest BCUT2D eigenvalue weighted by Crippen LogP contribution is -2.12. The predicted molar refractivity (Wildman–Crippen MR) is 71.2 cm³/mol. The Bertz CT molecular complexity index is 655. The first-order chi connectivity index (χ1) is 9.01. The first kappa shape index (κ1) is 13.1. The highest BCUT2D eigenvalue weighted by Gasteiger charge is 2.23. The second kappa shape index (κ2) is 4.76. The summed E-state index contributed by atoms with van der Waals surface area (Å²) in [5.74, 6) is -0.479. The number of hydrogen-bond donors (Lipinski definition) is 1. The number of aromatic nitrogens is 1. The van der Waals surface area contributed by atoms with Crippen molar-refractivity contribution in [1.29, 1.82) is 0 Å². The topological polar surface area (TPSA) is 68.5 Å². The van der Waals surface area contributed by atoms with Crippen LogP contribution in [0.3, 0.4) is 0 Å². The lowest BCUT2D eigenvalue weighted by molar-refractivity contribution is 0.0681. The summed E-state index contributed by atoms with van der Waals surface area (Å²) in [6, 6.07) is 5.10. The van der Waals surface area contributed by atoms with E-state index in [9.17, 15) is 14.7 Å². The number of carboxylic acids is 1. The third-order valence-corrected chi connectivity index (χ3v) is 3.09. The molecule has 1 aromatic heterocycles. The van der Waals surface area contributed by atoms with Gasteiger partial charge in [-0.2, -0.15) is 0 Å². The molecule has 1 aromatic carbocycles. The summed E-state index contributed by atoms with van der Waals surface area (Å²) in [7, 11) is 1.54. The van der Waals surface area contributed by atoms with Gasteiger partial charge < -0.3 is 14.4 Å². The van der Waals surface area contributed by atoms with Crippen LogP contribution in [0.25, 0.3) is 10.9 Å². The summed E-state index contributed by atoms with van der Waals surface area (Å²) in [5.41, 5.74) is 0.918. The second-order valence-electron chi connectivity index (χ2n) is 4.53. The van der Waals surface area contributed by atoms with E-state index in [0.29, 0.717) is 22.9 Å². The van der Waals surface area contributed by atoms with Gasteiger partial charge in [0.2, 0.25) is 0 Å². The Morgan fingerprint density at radius 1 is 1.42 bits per heavy atom. The predicted octanol–water partition coefficient (Wildman–Crippen LogP) is 2.74. The van der Waals surface area contributed by atoms with E-state index in [1.165, 1.54) is 0 Å². The summed E-state index contributed by atoms with van der Waals surface area (Å²) in [5, 5.41) is 9.97. The van der Waals surface area contributed by atoms with Crippen molar-refractivity contribution in [3.8, 4) is 5.75 Å². The van der Waals surface area contributed by atoms with Crippen LogP contribution in [0.4, 0.5) is 0 Å². The molecule has 0 aliphatic rings. The van der Waals surface area contributed by atoms with Gasteiger partial charge in [-0.1, -0.05) is 0 Å². The summed E-state index contributed by atoms with van der Waals surface area (Å²) >= 11 is 0. The van der Waals surface area contributed by atoms with Gasteiger partial charge in [0.15, 0.2) is 6.29 Å². The van der Waals surface area contributed by atoms with E-state index in [1.807, 2.05) is 13.8 Å². The number of rotatable bonds is 4. The maximum Gasteiger partial charge on any atom is 0.353 e. The van der Waals surface area contributed by atoms with Crippen LogP contribution in [0.15, 0.2) is 18.2 Å². The molecule has 0 saturated carbocycles. The molecule has 2 rings (SSSR count). The number of fused-ring (bicyclic) bond motifs is 1. The molecule has 100 valence electrons. The molecule has 0 amide bonds. The SMILES string of the molecule is COc1ccc2c(C=O)c(C(=O)O)n(C(C)C)c2c1. The molecular formula is C14H15NO4. The molecule has 5 heteroatoms. The van der Waals surface area contributed by atoms with Gasteiger partial charge in [0.25, 0.3) is 0 Å². The fraction of sp³-hybridized carbons (Fsp3) is 0.286. The summed E-state index contributed by atoms with van der Waals surface area (Å²) in [6.45, 7) is 3.75. The van der Waals surface area contributed by atoms with Gasteiger partial charge >= 0.3 is 5.97 Å². The molecule has 0 aliphatic carbocycles. The maximum absolute atomic E-state index is 11.4. The monoisotopic (exact) mass is 261 g/mol. The Labute approximate surface area is 110 Å². The highest BCUT2D eigenvalue weighted by Crippen LogP contribution is 2.31. The highest BCUT2D eigenvalue weighted by molar-refractivity contribution is 6.08. The van der Waals surface area contributed by atoms with Crippen LogP contribution in [0.1, 0.15) is 40.7 Å². The minimum atomic E-state index is -1.11. The van der Waals surface area contributed by atoms with Crippen LogP contribution in [0.2, 0.25) is 0 Å². The number of carbonyl (C=O) groups excluding carboxylic acids is 1. The quantitative estimate of drug-likeness (QED) is 0.859. The van der Waals surface area contributed by atoms with Gasteiger partial charge in [-0.05, 0) is 26.0 Å². The van der Waals surface area contributed by atoms with Crippen LogP contribution < -0.4 is 4.74 Å². The molecular weight excluding hydrogens is 246 g/mol. The van der Waals surface area contributed by atoms with Gasteiger partial charge in [-0.15, -0.1) is 0 Å². The first-order valence-electron chi connectivity index (χ1n) is 5.91. The summed E-state index contributed by atoms with van der Waals surface area (Å²) in [4.78, 5) is 22.6. The van der Waals surface area contributed by atoms with Gasteiger partial charge in [0.05, 0.1) is 18.2 Å². The standard InChI is InChI=1S/C14H15NO4/c1-8(2)15-12-6-9(19-3)4-5-10(12)11(7-16)13(15)14(17)18/h4-8H,1-3H3,(H,17,18). The van der Waals surface area contributed by atoms with Crippen LogP contribution in [-0.2, 0) is 0 Å². The normalized spacial score (nSPS) is 10.9. The number of aldehydes is 1. The number of nitrogens with zero attached hydrogens (tertiary/aromatic N) is 1. The Kier molecular flexibility index (Phi) is 3.29. The minimum absolute atomic E-state index is 0.0215. The molecule has 2 aromatic rings. The lowest BCUT2D eigenvalue weighted by atomic mass is 10.1. The molecule has 0 bridgehead atoms. The number of hydrogen-bond acceptors (Lipinski definition) is 3. The molecule has 0 saturated heterocycles. The molecule has 0 unspecified atom stereocenters. The van der Waals surface area contributed by atoms with E-state index >= 15 is 0 Å². The number of carbonyl (C=O) groups is 2. The molecule has 0 radical (unpaired) electrons. The lowest BCUT2D eigenvalue weighted by Gasteiger charge is -2.12. The Hall–Kier alpha value is -2.30. The molecule has 1 N–H and O–H groups in total. The molecule has 0 atom stereocenters. The molecule has 0 spiro atoms. The smallest absolute Gasteiger partial charge is 0.353 e. The van der Waals surface area contributed by atoms with E-state index in [0.717, 1.165) is 0 Å². The third-order valence-electron chi connectivity index (χ3n) is 3.09. The van der Waals surface area contributed by atoms with Gasteiger partial charge in [0.1, 0.15) is 11.4 Å². The van der Waals surface area contributed by atoms with Gasteiger partial charge in [-0.3, -0.25) is 4.79 Å². The van der Waals surface area contributed by atoms with Gasteiger partial charge in [0, 0.05) is 17.5 Å². The first-order valence-corrected chi connectivity index (χ1v) is 5.91. The van der Waals surface area contributed by atoms with E-state index in [4.69, 9.17) is 4.74 Å². The van der Waals surface area contributed by atoms with Crippen molar-refractivity contribution in [2.24, 2.45) is 0 Å². The van der Waals surface area contributed by atoms with E-state index in [-0.39, 0.29) is 17.3 Å². The number of aromatic carboxylic acids is 1. The second-order valence-corrected chi connectivity index (χ2v) is 4.53. The molecule has 1 heterocycles. The van der Waals surface area contributed by atoms with E-state index in [2.05, 4.69) is 0 Å². The van der Waals surface area contributed by atoms with Crippen molar-refractivity contribution in [2.45, 2.75) is 19.9 Å². The zero-order valence-corrected chi connectivity index (χ0v) is 11.0. The van der Waals surface area contributed by atoms with E-state index < -0.39 is 5.97 Å². The molecule has 5 nitrogen and oxygen atoms in total. The van der Waals surface area contributed by atoms with Gasteiger partial charge in [-0.25, -0.2) is 4.79 Å². The Balaban J connectivity index is 2.94. The highest BCUT2D eigenvalue weighted by atomic mass is 16.5. The number of methoxy groups -OCH3 is 1. The van der Waals surface area contributed by atoms with Crippen molar-refractivity contribution < 1.29 is 19.4 Å². The minimum Gasteiger partial charge on any atom is -0.497 e. The maximum atomic E-state index is 11.4. The fourth-order valence-corrected chi connectivity index (χ4v) is 2.32. The van der Waals surface area contributed by atoms with Crippen LogP contribution >= 0.6 is 0 Å². The van der Waals surface area contributed by atoms with Crippen molar-refractivity contribution in [3.63, 3.8) is 0 Å². The number of carboxylic acid groups (broad SMARTS) is 1. The summed E-state index contributed by atoms with van der Waals surface area (Å²) in [6.07, 6.45) is 0.594. The molecule has 0 aliphatic heterocycles. The van der Waals surface area contributed by atoms with Crippen LogP contribution in [0, 0.1) is 0 Å². The average molecular weight is 261 g/mol. The zero-order valence-electron chi connectivity index (χ0n) is 11.0. The average Bonchev–Trinajstić information content (AvgIpc) is 2.71. The Morgan fingerprint density at radius 3 is 2.58 bits per heavy atom. The Morgan fingerprint density at radius 2 is 2.11 bits per heavy atom. The zero-order chi connectivity index (χ0) is 14.2. The molecule has 0 fully saturated rings. The largest absolute Gasteiger partial charge is 0.497 e. The number of ether oxygens (including phenoxy) is 1. The van der Waals surface area contributed by atoms with Crippen LogP contribution in [0.5, 0.6) is 5.75 Å². The summed E-state index contributed by atoms with van der Waals surface area (Å²) < 4.78 is 6.79. The van der Waals surface area contributed by atoms with Crippen molar-refractivity contribution in [2.75, 3.05) is 7.11 Å². The van der Waals surface area contributed by atoms with Crippen LogP contribution in [-0.4, -0.2) is 29.0 Å². The third kappa shape index (κ3) is 1.97. The molecule has 19 heavy (non-hydrogen) atoms. The fourth-order valence-electron chi connectivity index (χ4n) is 2.32. The van der Waals surface area contributed by atoms with Crippen molar-refractivity contribution in [3.05, 3.63) is 29.5 Å². The van der Waals surface area contributed by atoms with Crippen molar-refractivity contribution >= 4 is 23.2 Å². The van der Waals surface area contributed by atoms with Crippen molar-refractivity contribution in [1.82, 2.24) is 4.57 Å². The van der Waals surface area contributed by atoms with E-state index in [1.54, 1.807) is 29.9 Å². The number of benzene rings is 1.